The largest absolute Gasteiger partial charge is 0.322 e. The molecule has 1 N–H and O–H groups in total. The Bertz CT molecular complexity index is 1210. The molecule has 0 bridgehead atoms. The molecule has 0 aliphatic rings. The number of hydrogen-bond donors (Lipinski definition) is 1. The summed E-state index contributed by atoms with van der Waals surface area (Å²) < 4.78 is 1.81. The maximum Gasteiger partial charge on any atom is 0.256 e. The second-order valence-electron chi connectivity index (χ2n) is 7.04. The van der Waals surface area contributed by atoms with Crippen LogP contribution in [0.4, 0.5) is 5.69 Å². The minimum Gasteiger partial charge on any atom is -0.322 e. The van der Waals surface area contributed by atoms with E-state index < -0.39 is 0 Å². The first-order chi connectivity index (χ1) is 13.5. The van der Waals surface area contributed by atoms with Crippen molar-refractivity contribution < 1.29 is 4.79 Å². The molecule has 2 aromatic carbocycles. The maximum absolute atomic E-state index is 13.2. The molecule has 28 heavy (non-hydrogen) atoms. The number of nitrogens with zero attached hydrogens (tertiary/aromatic N) is 3. The van der Waals surface area contributed by atoms with Crippen LogP contribution in [0.1, 0.15) is 27.2 Å². The minimum atomic E-state index is -0.143. The van der Waals surface area contributed by atoms with E-state index >= 15 is 0 Å². The zero-order valence-electron chi connectivity index (χ0n) is 16.4. The lowest BCUT2D eigenvalue weighted by Gasteiger charge is -2.13. The van der Waals surface area contributed by atoms with Gasteiger partial charge < -0.3 is 5.32 Å². The van der Waals surface area contributed by atoms with Crippen molar-refractivity contribution in [3.8, 4) is 11.3 Å². The number of rotatable bonds is 3. The summed E-state index contributed by atoms with van der Waals surface area (Å²) in [5.41, 5.74) is 7.10. The summed E-state index contributed by atoms with van der Waals surface area (Å²) in [6.45, 7) is 6.05. The van der Waals surface area contributed by atoms with E-state index in [0.717, 1.165) is 44.7 Å². The van der Waals surface area contributed by atoms with Crippen LogP contribution in [-0.4, -0.2) is 20.7 Å². The SMILES string of the molecule is Cc1cccc(NC(=O)c2cc(-c3cnn(C)c3C)nc3ccccc23)c1C. The van der Waals surface area contributed by atoms with Crippen molar-refractivity contribution in [1.82, 2.24) is 14.8 Å². The Morgan fingerprint density at radius 3 is 2.57 bits per heavy atom. The molecular formula is C23H22N4O. The van der Waals surface area contributed by atoms with Gasteiger partial charge in [-0.05, 0) is 50.1 Å². The van der Waals surface area contributed by atoms with Crippen molar-refractivity contribution in [1.29, 1.82) is 0 Å². The molecule has 0 aliphatic carbocycles. The van der Waals surface area contributed by atoms with Gasteiger partial charge in [-0.2, -0.15) is 5.10 Å². The number of nitrogens with one attached hydrogen (secondary N) is 1. The third-order valence-electron chi connectivity index (χ3n) is 5.32. The molecule has 140 valence electrons. The first kappa shape index (κ1) is 17.9. The lowest BCUT2D eigenvalue weighted by Crippen LogP contribution is -2.14. The number of amides is 1. The maximum atomic E-state index is 13.2. The molecule has 0 spiro atoms. The van der Waals surface area contributed by atoms with E-state index in [1.807, 2.05) is 81.0 Å². The molecule has 4 rings (SSSR count). The van der Waals surface area contributed by atoms with Crippen LogP contribution in [0.5, 0.6) is 0 Å². The highest BCUT2D eigenvalue weighted by atomic mass is 16.1. The van der Waals surface area contributed by atoms with Gasteiger partial charge in [0.2, 0.25) is 0 Å². The number of fused-ring (bicyclic) bond motifs is 1. The van der Waals surface area contributed by atoms with Gasteiger partial charge in [-0.3, -0.25) is 9.48 Å². The number of benzene rings is 2. The van der Waals surface area contributed by atoms with Crippen LogP contribution in [0.3, 0.4) is 0 Å². The second-order valence-corrected chi connectivity index (χ2v) is 7.04. The zero-order valence-corrected chi connectivity index (χ0v) is 16.4. The van der Waals surface area contributed by atoms with Crippen LogP contribution in [-0.2, 0) is 7.05 Å². The van der Waals surface area contributed by atoms with Crippen molar-refractivity contribution in [2.75, 3.05) is 5.32 Å². The molecule has 5 heteroatoms. The summed E-state index contributed by atoms with van der Waals surface area (Å²) >= 11 is 0. The topological polar surface area (TPSA) is 59.8 Å². The molecule has 0 saturated carbocycles. The fraction of sp³-hybridized carbons (Fsp3) is 0.174. The van der Waals surface area contributed by atoms with E-state index in [4.69, 9.17) is 4.98 Å². The molecule has 0 saturated heterocycles. The Balaban J connectivity index is 1.84. The van der Waals surface area contributed by atoms with Crippen LogP contribution < -0.4 is 5.32 Å². The molecular weight excluding hydrogens is 348 g/mol. The molecule has 0 unspecified atom stereocenters. The Morgan fingerprint density at radius 1 is 1.04 bits per heavy atom. The van der Waals surface area contributed by atoms with Crippen LogP contribution in [0.15, 0.2) is 54.7 Å². The van der Waals surface area contributed by atoms with Gasteiger partial charge in [0, 0.05) is 29.4 Å². The minimum absolute atomic E-state index is 0.143. The van der Waals surface area contributed by atoms with Gasteiger partial charge in [-0.1, -0.05) is 30.3 Å². The van der Waals surface area contributed by atoms with Crippen LogP contribution in [0, 0.1) is 20.8 Å². The van der Waals surface area contributed by atoms with Crippen molar-refractivity contribution in [2.45, 2.75) is 20.8 Å². The predicted molar refractivity (Wildman–Crippen MR) is 113 cm³/mol. The summed E-state index contributed by atoms with van der Waals surface area (Å²) in [7, 11) is 1.90. The normalized spacial score (nSPS) is 11.0. The summed E-state index contributed by atoms with van der Waals surface area (Å²) in [4.78, 5) is 18.0. The molecule has 0 atom stereocenters. The molecule has 4 aromatic rings. The smallest absolute Gasteiger partial charge is 0.256 e. The van der Waals surface area contributed by atoms with E-state index in [1.165, 1.54) is 0 Å². The highest BCUT2D eigenvalue weighted by molar-refractivity contribution is 6.13. The third kappa shape index (κ3) is 3.05. The number of carbonyl (C=O) groups excluding carboxylic acids is 1. The first-order valence-corrected chi connectivity index (χ1v) is 9.22. The van der Waals surface area contributed by atoms with Crippen molar-refractivity contribution in [3.05, 3.63) is 77.1 Å². The van der Waals surface area contributed by atoms with E-state index in [2.05, 4.69) is 10.4 Å². The lowest BCUT2D eigenvalue weighted by molar-refractivity contribution is 0.102. The Labute approximate surface area is 164 Å². The fourth-order valence-corrected chi connectivity index (χ4v) is 3.33. The molecule has 0 aliphatic heterocycles. The van der Waals surface area contributed by atoms with Gasteiger partial charge in [-0.15, -0.1) is 0 Å². The second kappa shape index (κ2) is 6.93. The van der Waals surface area contributed by atoms with E-state index in [1.54, 1.807) is 6.20 Å². The number of pyridine rings is 1. The number of carbonyl (C=O) groups is 1. The Hall–Kier alpha value is -3.47. The van der Waals surface area contributed by atoms with E-state index in [-0.39, 0.29) is 5.91 Å². The van der Waals surface area contributed by atoms with Gasteiger partial charge in [-0.25, -0.2) is 4.98 Å². The van der Waals surface area contributed by atoms with Crippen LogP contribution >= 0.6 is 0 Å². The number of anilines is 1. The quantitative estimate of drug-likeness (QED) is 0.563. The summed E-state index contributed by atoms with van der Waals surface area (Å²) in [5, 5.41) is 8.21. The van der Waals surface area contributed by atoms with Gasteiger partial charge in [0.1, 0.15) is 0 Å². The molecule has 0 fully saturated rings. The van der Waals surface area contributed by atoms with Crippen LogP contribution in [0.2, 0.25) is 0 Å². The van der Waals surface area contributed by atoms with Gasteiger partial charge in [0.05, 0.1) is 23.0 Å². The zero-order chi connectivity index (χ0) is 19.8. The Morgan fingerprint density at radius 2 is 1.82 bits per heavy atom. The summed E-state index contributed by atoms with van der Waals surface area (Å²) in [6, 6.07) is 15.5. The number of para-hydroxylation sites is 1. The van der Waals surface area contributed by atoms with E-state index in [0.29, 0.717) is 5.56 Å². The van der Waals surface area contributed by atoms with Gasteiger partial charge in [0.15, 0.2) is 0 Å². The lowest BCUT2D eigenvalue weighted by atomic mass is 10.0. The number of aryl methyl sites for hydroxylation is 2. The molecule has 2 aromatic heterocycles. The first-order valence-electron chi connectivity index (χ1n) is 9.22. The average molecular weight is 370 g/mol. The standard InChI is InChI=1S/C23H22N4O/c1-14-8-7-11-20(15(14)2)26-23(28)18-12-22(19-13-24-27(4)16(19)3)25-21-10-6-5-9-17(18)21/h5-13H,1-4H3,(H,26,28). The average Bonchev–Trinajstić information content (AvgIpc) is 3.03. The summed E-state index contributed by atoms with van der Waals surface area (Å²) in [5.74, 6) is -0.143. The van der Waals surface area contributed by atoms with Gasteiger partial charge >= 0.3 is 0 Å². The highest BCUT2D eigenvalue weighted by Crippen LogP contribution is 2.28. The monoisotopic (exact) mass is 370 g/mol. The predicted octanol–water partition coefficient (Wildman–Crippen LogP) is 4.81. The van der Waals surface area contributed by atoms with E-state index in [9.17, 15) is 4.79 Å². The number of aromatic nitrogens is 3. The van der Waals surface area contributed by atoms with Crippen molar-refractivity contribution in [2.24, 2.45) is 7.05 Å². The third-order valence-corrected chi connectivity index (χ3v) is 5.32. The molecule has 0 radical (unpaired) electrons. The van der Waals surface area contributed by atoms with Crippen LogP contribution in [0.25, 0.3) is 22.2 Å². The highest BCUT2D eigenvalue weighted by Gasteiger charge is 2.17. The number of hydrogen-bond acceptors (Lipinski definition) is 3. The Kier molecular flexibility index (Phi) is 4.43. The molecule has 1 amide bonds. The fourth-order valence-electron chi connectivity index (χ4n) is 3.33. The molecule has 2 heterocycles. The van der Waals surface area contributed by atoms with Gasteiger partial charge in [0.25, 0.3) is 5.91 Å². The van der Waals surface area contributed by atoms with Crippen molar-refractivity contribution in [3.63, 3.8) is 0 Å². The van der Waals surface area contributed by atoms with Crippen molar-refractivity contribution >= 4 is 22.5 Å². The summed E-state index contributed by atoms with van der Waals surface area (Å²) in [6.07, 6.45) is 1.79. The molecule has 5 nitrogen and oxygen atoms in total.